The molecule has 1 N–H and O–H groups in total. The number of hydrogen-bond donors (Lipinski definition) is 1. The van der Waals surface area contributed by atoms with E-state index in [9.17, 15) is 9.59 Å². The molecule has 0 aliphatic carbocycles. The number of ether oxygens (including phenoxy) is 3. The normalized spacial score (nSPS) is 19.3. The van der Waals surface area contributed by atoms with Gasteiger partial charge in [-0.1, -0.05) is 0 Å². The summed E-state index contributed by atoms with van der Waals surface area (Å²) in [6, 6.07) is -0.754. The average Bonchev–Trinajstić information content (AvgIpc) is 2.64. The van der Waals surface area contributed by atoms with Gasteiger partial charge in [-0.25, -0.2) is 4.79 Å². The molecule has 1 aliphatic heterocycles. The molecule has 1 atom stereocenters. The van der Waals surface area contributed by atoms with Gasteiger partial charge in [0.25, 0.3) is 5.91 Å². The van der Waals surface area contributed by atoms with Gasteiger partial charge < -0.3 is 19.5 Å². The Kier molecular flexibility index (Phi) is 6.18. The number of hydroxylamine groups is 2. The second-order valence-electron chi connectivity index (χ2n) is 5.24. The van der Waals surface area contributed by atoms with Crippen LogP contribution >= 0.6 is 0 Å². The summed E-state index contributed by atoms with van der Waals surface area (Å²) in [5, 5.41) is 3.53. The minimum Gasteiger partial charge on any atom is -0.444 e. The van der Waals surface area contributed by atoms with E-state index in [4.69, 9.17) is 19.0 Å². The van der Waals surface area contributed by atoms with Gasteiger partial charge in [-0.05, 0) is 20.8 Å². The van der Waals surface area contributed by atoms with Crippen LogP contribution in [0, 0.1) is 0 Å². The lowest BCUT2D eigenvalue weighted by atomic mass is 10.2. The third-order valence-corrected chi connectivity index (χ3v) is 2.27. The van der Waals surface area contributed by atoms with Crippen LogP contribution in [0.4, 0.5) is 4.79 Å². The van der Waals surface area contributed by atoms with Gasteiger partial charge in [0.2, 0.25) is 0 Å². The van der Waals surface area contributed by atoms with Crippen LogP contribution in [0.2, 0.25) is 0 Å². The van der Waals surface area contributed by atoms with Gasteiger partial charge in [0.05, 0.1) is 13.2 Å². The highest BCUT2D eigenvalue weighted by atomic mass is 16.7. The first-order valence-electron chi connectivity index (χ1n) is 6.34. The number of rotatable bonds is 6. The Labute approximate surface area is 118 Å². The monoisotopic (exact) mass is 290 g/mol. The molecule has 1 aliphatic rings. The van der Waals surface area contributed by atoms with Crippen LogP contribution < -0.4 is 5.32 Å². The molecule has 1 heterocycles. The molecule has 116 valence electrons. The van der Waals surface area contributed by atoms with E-state index in [1.807, 2.05) is 0 Å². The van der Waals surface area contributed by atoms with Crippen molar-refractivity contribution in [2.45, 2.75) is 32.4 Å². The van der Waals surface area contributed by atoms with Crippen molar-refractivity contribution in [1.29, 1.82) is 0 Å². The zero-order valence-electron chi connectivity index (χ0n) is 12.3. The second kappa shape index (κ2) is 7.41. The number of carbonyl (C=O) groups excluding carboxylic acids is 2. The highest BCUT2D eigenvalue weighted by molar-refractivity contribution is 5.86. The predicted octanol–water partition coefficient (Wildman–Crippen LogP) is 0.274. The van der Waals surface area contributed by atoms with Crippen LogP contribution in [0.15, 0.2) is 0 Å². The molecule has 0 aromatic heterocycles. The number of amides is 2. The average molecular weight is 290 g/mol. The van der Waals surface area contributed by atoms with E-state index in [1.165, 1.54) is 0 Å². The van der Waals surface area contributed by atoms with Crippen molar-refractivity contribution in [3.8, 4) is 0 Å². The van der Waals surface area contributed by atoms with Gasteiger partial charge in [-0.2, -0.15) is 5.06 Å². The fourth-order valence-corrected chi connectivity index (χ4v) is 1.42. The minimum absolute atomic E-state index is 0.00527. The van der Waals surface area contributed by atoms with Crippen molar-refractivity contribution in [3.05, 3.63) is 0 Å². The van der Waals surface area contributed by atoms with Gasteiger partial charge in [-0.15, -0.1) is 0 Å². The molecule has 0 aromatic carbocycles. The molecule has 0 spiro atoms. The molecule has 1 fully saturated rings. The van der Waals surface area contributed by atoms with Crippen molar-refractivity contribution in [3.63, 3.8) is 0 Å². The highest BCUT2D eigenvalue weighted by Gasteiger charge is 2.35. The number of nitrogens with one attached hydrogen (secondary N) is 1. The quantitative estimate of drug-likeness (QED) is 0.707. The van der Waals surface area contributed by atoms with Gasteiger partial charge in [0.1, 0.15) is 25.0 Å². The van der Waals surface area contributed by atoms with Crippen LogP contribution in [-0.2, 0) is 23.8 Å². The molecule has 0 bridgehead atoms. The maximum Gasteiger partial charge on any atom is 0.408 e. The molecule has 20 heavy (non-hydrogen) atoms. The van der Waals surface area contributed by atoms with Crippen molar-refractivity contribution < 1.29 is 28.6 Å². The third-order valence-electron chi connectivity index (χ3n) is 2.27. The van der Waals surface area contributed by atoms with Crippen LogP contribution in [0.1, 0.15) is 20.8 Å². The Morgan fingerprint density at radius 1 is 1.45 bits per heavy atom. The van der Waals surface area contributed by atoms with Gasteiger partial charge in [0.15, 0.2) is 0 Å². The van der Waals surface area contributed by atoms with Crippen LogP contribution in [-0.4, -0.2) is 62.4 Å². The lowest BCUT2D eigenvalue weighted by Crippen LogP contribution is -2.45. The van der Waals surface area contributed by atoms with Crippen molar-refractivity contribution in [2.24, 2.45) is 0 Å². The molecular formula is C12H22N2O6. The zero-order chi connectivity index (χ0) is 15.2. The summed E-state index contributed by atoms with van der Waals surface area (Å²) in [7, 11) is 1.56. The molecule has 1 rings (SSSR count). The Balaban J connectivity index is 2.32. The summed E-state index contributed by atoms with van der Waals surface area (Å²) in [4.78, 5) is 28.6. The van der Waals surface area contributed by atoms with E-state index in [2.05, 4.69) is 5.32 Å². The van der Waals surface area contributed by atoms with Gasteiger partial charge in [0, 0.05) is 7.11 Å². The van der Waals surface area contributed by atoms with Gasteiger partial charge in [-0.3, -0.25) is 9.63 Å². The first kappa shape index (κ1) is 16.7. The number of hydrogen-bond acceptors (Lipinski definition) is 6. The standard InChI is InChI=1S/C12H22N2O6/c1-12(2,3)20-11(16)13-9-7-19-14(10(9)15)8-18-6-5-17-4/h9H,5-8H2,1-4H3,(H,13,16). The van der Waals surface area contributed by atoms with Gasteiger partial charge >= 0.3 is 6.09 Å². The fraction of sp³-hybridized carbons (Fsp3) is 0.833. The lowest BCUT2D eigenvalue weighted by molar-refractivity contribution is -0.188. The zero-order valence-corrected chi connectivity index (χ0v) is 12.3. The lowest BCUT2D eigenvalue weighted by Gasteiger charge is -2.20. The molecule has 0 saturated carbocycles. The largest absolute Gasteiger partial charge is 0.444 e. The maximum absolute atomic E-state index is 11.9. The number of methoxy groups -OCH3 is 1. The van der Waals surface area contributed by atoms with Crippen LogP contribution in [0.3, 0.4) is 0 Å². The van der Waals surface area contributed by atoms with Crippen molar-refractivity contribution >= 4 is 12.0 Å². The molecular weight excluding hydrogens is 268 g/mol. The fourth-order valence-electron chi connectivity index (χ4n) is 1.42. The summed E-state index contributed by atoms with van der Waals surface area (Å²) in [6.45, 7) is 6.08. The summed E-state index contributed by atoms with van der Waals surface area (Å²) >= 11 is 0. The topological polar surface area (TPSA) is 86.3 Å². The molecule has 1 unspecified atom stereocenters. The van der Waals surface area contributed by atoms with E-state index in [0.29, 0.717) is 13.2 Å². The summed E-state index contributed by atoms with van der Waals surface area (Å²) in [5.41, 5.74) is -0.616. The molecule has 8 nitrogen and oxygen atoms in total. The van der Waals surface area contributed by atoms with Crippen LogP contribution in [0.5, 0.6) is 0 Å². The molecule has 0 aromatic rings. The van der Waals surface area contributed by atoms with E-state index >= 15 is 0 Å². The smallest absolute Gasteiger partial charge is 0.408 e. The first-order valence-corrected chi connectivity index (χ1v) is 6.34. The molecule has 1 saturated heterocycles. The van der Waals surface area contributed by atoms with E-state index < -0.39 is 17.7 Å². The van der Waals surface area contributed by atoms with E-state index in [-0.39, 0.29) is 19.2 Å². The summed E-state index contributed by atoms with van der Waals surface area (Å²) < 4.78 is 15.1. The Morgan fingerprint density at radius 2 is 2.15 bits per heavy atom. The Hall–Kier alpha value is -1.38. The maximum atomic E-state index is 11.9. The molecule has 0 radical (unpaired) electrons. The second-order valence-corrected chi connectivity index (χ2v) is 5.24. The minimum atomic E-state index is -0.754. The molecule has 8 heteroatoms. The van der Waals surface area contributed by atoms with Crippen LogP contribution in [0.25, 0.3) is 0 Å². The first-order chi connectivity index (χ1) is 9.33. The van der Waals surface area contributed by atoms with E-state index in [0.717, 1.165) is 5.06 Å². The highest BCUT2D eigenvalue weighted by Crippen LogP contribution is 2.10. The predicted molar refractivity (Wildman–Crippen MR) is 68.7 cm³/mol. The third kappa shape index (κ3) is 5.72. The number of nitrogens with zero attached hydrogens (tertiary/aromatic N) is 1. The Morgan fingerprint density at radius 3 is 2.75 bits per heavy atom. The summed E-state index contributed by atoms with van der Waals surface area (Å²) in [6.07, 6.45) is -0.651. The Bertz CT molecular complexity index is 341. The number of carbonyl (C=O) groups is 2. The number of alkyl carbamates (subject to hydrolysis) is 1. The SMILES string of the molecule is COCCOCN1OCC(NC(=O)OC(C)(C)C)C1=O. The van der Waals surface area contributed by atoms with E-state index in [1.54, 1.807) is 27.9 Å². The van der Waals surface area contributed by atoms with Crippen molar-refractivity contribution in [2.75, 3.05) is 33.7 Å². The molecule has 2 amide bonds. The summed E-state index contributed by atoms with van der Waals surface area (Å²) in [5.74, 6) is -0.367. The van der Waals surface area contributed by atoms with Crippen molar-refractivity contribution in [1.82, 2.24) is 10.4 Å².